The van der Waals surface area contributed by atoms with Gasteiger partial charge in [-0.15, -0.1) is 0 Å². The number of nitrogens with two attached hydrogens (primary N) is 1. The van der Waals surface area contributed by atoms with Crippen molar-refractivity contribution in [2.75, 3.05) is 11.9 Å². The molecule has 1 saturated heterocycles. The molecule has 31 heavy (non-hydrogen) atoms. The Morgan fingerprint density at radius 3 is 2.61 bits per heavy atom. The number of piperidine rings is 1. The number of likely N-dealkylation sites (tertiary alicyclic amines) is 1. The number of pyridine rings is 1. The van der Waals surface area contributed by atoms with Crippen LogP contribution in [-0.2, 0) is 9.59 Å². The maximum atomic E-state index is 12.9. The standard InChI is InChI=1S/C22H22N6O3/c23-20(29)16-11-17(13-24-12-16)26-21(30)22(31)28-10-2-1-3-19(28)15-6-4-14(5-7-15)18-8-9-25-27-18/h4-9,11-13,19H,1-3,10H2,(H2,23,29)(H,25,27)(H,26,30)/t19-/m0/s1. The molecule has 0 bridgehead atoms. The fourth-order valence-corrected chi connectivity index (χ4v) is 3.78. The van der Waals surface area contributed by atoms with Crippen LogP contribution < -0.4 is 11.1 Å². The quantitative estimate of drug-likeness (QED) is 0.559. The van der Waals surface area contributed by atoms with Gasteiger partial charge in [-0.2, -0.15) is 5.10 Å². The maximum absolute atomic E-state index is 12.9. The normalized spacial score (nSPS) is 16.0. The Morgan fingerprint density at radius 1 is 1.10 bits per heavy atom. The minimum atomic E-state index is -0.774. The molecule has 0 aliphatic carbocycles. The third kappa shape index (κ3) is 4.45. The molecule has 3 aromatic rings. The molecule has 4 N–H and O–H groups in total. The van der Waals surface area contributed by atoms with E-state index in [4.69, 9.17) is 5.73 Å². The minimum Gasteiger partial charge on any atom is -0.366 e. The third-order valence-corrected chi connectivity index (χ3v) is 5.35. The lowest BCUT2D eigenvalue weighted by atomic mass is 9.94. The summed E-state index contributed by atoms with van der Waals surface area (Å²) in [6.07, 6.45) is 6.94. The first-order chi connectivity index (χ1) is 15.0. The van der Waals surface area contributed by atoms with E-state index in [9.17, 15) is 14.4 Å². The van der Waals surface area contributed by atoms with Gasteiger partial charge >= 0.3 is 11.8 Å². The molecule has 0 radical (unpaired) electrons. The van der Waals surface area contributed by atoms with Crippen LogP contribution in [0, 0.1) is 0 Å². The molecule has 3 amide bonds. The summed E-state index contributed by atoms with van der Waals surface area (Å²) in [7, 11) is 0. The molecule has 1 aliphatic heterocycles. The van der Waals surface area contributed by atoms with Crippen LogP contribution in [0.4, 0.5) is 5.69 Å². The highest BCUT2D eigenvalue weighted by Gasteiger charge is 2.32. The van der Waals surface area contributed by atoms with E-state index >= 15 is 0 Å². The van der Waals surface area contributed by atoms with E-state index in [1.807, 2.05) is 30.3 Å². The van der Waals surface area contributed by atoms with Crippen molar-refractivity contribution in [2.24, 2.45) is 5.73 Å². The van der Waals surface area contributed by atoms with Crippen LogP contribution in [0.15, 0.2) is 55.0 Å². The zero-order valence-corrected chi connectivity index (χ0v) is 16.7. The van der Waals surface area contributed by atoms with Gasteiger partial charge in [-0.3, -0.25) is 24.5 Å². The first-order valence-corrected chi connectivity index (χ1v) is 9.99. The molecule has 3 heterocycles. The first-order valence-electron chi connectivity index (χ1n) is 9.99. The van der Waals surface area contributed by atoms with Crippen molar-refractivity contribution in [2.45, 2.75) is 25.3 Å². The number of amides is 3. The topological polar surface area (TPSA) is 134 Å². The molecular formula is C22H22N6O3. The third-order valence-electron chi connectivity index (χ3n) is 5.35. The molecule has 2 aromatic heterocycles. The molecule has 9 nitrogen and oxygen atoms in total. The number of H-pyrrole nitrogens is 1. The summed E-state index contributed by atoms with van der Waals surface area (Å²) in [6, 6.07) is 11.0. The predicted molar refractivity (Wildman–Crippen MR) is 114 cm³/mol. The molecule has 1 aromatic carbocycles. The molecule has 1 atom stereocenters. The Kier molecular flexibility index (Phi) is 5.74. The highest BCUT2D eigenvalue weighted by molar-refractivity contribution is 6.39. The van der Waals surface area contributed by atoms with Crippen LogP contribution in [-0.4, -0.2) is 44.3 Å². The molecule has 9 heteroatoms. The molecule has 4 rings (SSSR count). The van der Waals surface area contributed by atoms with Crippen LogP contribution in [0.5, 0.6) is 0 Å². The van der Waals surface area contributed by atoms with Gasteiger partial charge in [0.2, 0.25) is 5.91 Å². The second-order valence-electron chi connectivity index (χ2n) is 7.38. The van der Waals surface area contributed by atoms with E-state index in [2.05, 4.69) is 20.5 Å². The summed E-state index contributed by atoms with van der Waals surface area (Å²) in [6.45, 7) is 0.499. The van der Waals surface area contributed by atoms with E-state index in [0.29, 0.717) is 6.54 Å². The van der Waals surface area contributed by atoms with Gasteiger partial charge in [0.15, 0.2) is 0 Å². The number of benzene rings is 1. The largest absolute Gasteiger partial charge is 0.366 e. The highest BCUT2D eigenvalue weighted by atomic mass is 16.2. The van der Waals surface area contributed by atoms with Crippen molar-refractivity contribution in [3.05, 3.63) is 66.1 Å². The van der Waals surface area contributed by atoms with Gasteiger partial charge in [-0.25, -0.2) is 0 Å². The van der Waals surface area contributed by atoms with Gasteiger partial charge in [-0.05, 0) is 42.5 Å². The Morgan fingerprint density at radius 2 is 1.90 bits per heavy atom. The lowest BCUT2D eigenvalue weighted by molar-refractivity contribution is -0.145. The monoisotopic (exact) mass is 418 g/mol. The summed E-state index contributed by atoms with van der Waals surface area (Å²) < 4.78 is 0. The second-order valence-corrected chi connectivity index (χ2v) is 7.38. The van der Waals surface area contributed by atoms with Crippen molar-refractivity contribution < 1.29 is 14.4 Å². The summed E-state index contributed by atoms with van der Waals surface area (Å²) >= 11 is 0. The van der Waals surface area contributed by atoms with Crippen molar-refractivity contribution in [1.29, 1.82) is 0 Å². The Labute approximate surface area is 178 Å². The first kappa shape index (κ1) is 20.3. The van der Waals surface area contributed by atoms with Crippen LogP contribution >= 0.6 is 0 Å². The van der Waals surface area contributed by atoms with Gasteiger partial charge < -0.3 is 16.0 Å². The number of rotatable bonds is 4. The van der Waals surface area contributed by atoms with Crippen LogP contribution in [0.25, 0.3) is 11.3 Å². The average Bonchev–Trinajstić information content (AvgIpc) is 3.34. The van der Waals surface area contributed by atoms with Crippen LogP contribution in [0.3, 0.4) is 0 Å². The Balaban J connectivity index is 1.50. The fourth-order valence-electron chi connectivity index (χ4n) is 3.78. The lowest BCUT2D eigenvalue weighted by Crippen LogP contribution is -2.44. The van der Waals surface area contributed by atoms with Gasteiger partial charge in [0.1, 0.15) is 0 Å². The second kappa shape index (κ2) is 8.78. The number of primary amides is 1. The molecule has 0 spiro atoms. The van der Waals surface area contributed by atoms with Gasteiger partial charge in [0.05, 0.1) is 29.2 Å². The zero-order valence-electron chi connectivity index (χ0n) is 16.7. The lowest BCUT2D eigenvalue weighted by Gasteiger charge is -2.35. The van der Waals surface area contributed by atoms with E-state index < -0.39 is 17.7 Å². The predicted octanol–water partition coefficient (Wildman–Crippen LogP) is 2.26. The van der Waals surface area contributed by atoms with E-state index in [1.165, 1.54) is 18.5 Å². The van der Waals surface area contributed by atoms with Crippen molar-refractivity contribution in [3.63, 3.8) is 0 Å². The summed E-state index contributed by atoms with van der Waals surface area (Å²) in [5.41, 5.74) is 8.52. The zero-order chi connectivity index (χ0) is 21.8. The molecule has 1 fully saturated rings. The Hall–Kier alpha value is -4.01. The van der Waals surface area contributed by atoms with Crippen molar-refractivity contribution >= 4 is 23.4 Å². The number of anilines is 1. The van der Waals surface area contributed by atoms with E-state index in [0.717, 1.165) is 36.1 Å². The molecule has 0 saturated carbocycles. The number of nitrogens with one attached hydrogen (secondary N) is 2. The minimum absolute atomic E-state index is 0.151. The average molecular weight is 418 g/mol. The van der Waals surface area contributed by atoms with Gasteiger partial charge in [0.25, 0.3) is 0 Å². The van der Waals surface area contributed by atoms with Crippen molar-refractivity contribution in [1.82, 2.24) is 20.1 Å². The smallest absolute Gasteiger partial charge is 0.313 e. The summed E-state index contributed by atoms with van der Waals surface area (Å²) in [5, 5.41) is 9.41. The fraction of sp³-hybridized carbons (Fsp3) is 0.227. The molecular weight excluding hydrogens is 396 g/mol. The molecule has 158 valence electrons. The maximum Gasteiger partial charge on any atom is 0.313 e. The number of nitrogens with zero attached hydrogens (tertiary/aromatic N) is 3. The number of aromatic nitrogens is 3. The Bertz CT molecular complexity index is 1090. The van der Waals surface area contributed by atoms with Gasteiger partial charge in [0, 0.05) is 18.9 Å². The number of hydrogen-bond donors (Lipinski definition) is 3. The van der Waals surface area contributed by atoms with E-state index in [-0.39, 0.29) is 17.3 Å². The summed E-state index contributed by atoms with van der Waals surface area (Å²) in [5.74, 6) is -2.05. The SMILES string of the molecule is NC(=O)c1cncc(NC(=O)C(=O)N2CCCC[C@H]2c2ccc(-c3ccn[nH]3)cc2)c1. The van der Waals surface area contributed by atoms with Crippen LogP contribution in [0.1, 0.15) is 41.2 Å². The number of hydrogen-bond acceptors (Lipinski definition) is 5. The number of aromatic amines is 1. The van der Waals surface area contributed by atoms with E-state index in [1.54, 1.807) is 11.1 Å². The highest BCUT2D eigenvalue weighted by Crippen LogP contribution is 2.32. The number of carbonyl (C=O) groups is 3. The number of carbonyl (C=O) groups excluding carboxylic acids is 3. The van der Waals surface area contributed by atoms with Crippen LogP contribution in [0.2, 0.25) is 0 Å². The summed E-state index contributed by atoms with van der Waals surface area (Å²) in [4.78, 5) is 42.4. The molecule has 1 aliphatic rings. The van der Waals surface area contributed by atoms with Gasteiger partial charge in [-0.1, -0.05) is 24.3 Å². The molecule has 0 unspecified atom stereocenters. The van der Waals surface area contributed by atoms with Crippen molar-refractivity contribution in [3.8, 4) is 11.3 Å².